The maximum atomic E-state index is 12.2. The second-order valence-corrected chi connectivity index (χ2v) is 6.42. The lowest BCUT2D eigenvalue weighted by Gasteiger charge is -2.15. The van der Waals surface area contributed by atoms with Gasteiger partial charge >= 0.3 is 0 Å². The highest BCUT2D eigenvalue weighted by Crippen LogP contribution is 2.30. The molecule has 1 aliphatic carbocycles. The van der Waals surface area contributed by atoms with Gasteiger partial charge in [0.05, 0.1) is 11.7 Å². The second-order valence-electron chi connectivity index (χ2n) is 5.45. The highest BCUT2D eigenvalue weighted by Gasteiger charge is 2.26. The van der Waals surface area contributed by atoms with Crippen molar-refractivity contribution >= 4 is 17.2 Å². The molecule has 2 aliphatic rings. The normalized spacial score (nSPS) is 26.2. The van der Waals surface area contributed by atoms with Crippen LogP contribution in [0.4, 0.5) is 0 Å². The predicted molar refractivity (Wildman–Crippen MR) is 75.7 cm³/mol. The maximum Gasteiger partial charge on any atom is 0.252 e. The van der Waals surface area contributed by atoms with Crippen molar-refractivity contribution in [3.05, 3.63) is 21.4 Å². The molecule has 1 saturated heterocycles. The average Bonchev–Trinajstić information content (AvgIpc) is 3.02. The second kappa shape index (κ2) is 5.61. The molecule has 5 heteroatoms. The van der Waals surface area contributed by atoms with Crippen molar-refractivity contribution in [2.24, 2.45) is 5.92 Å². The largest absolute Gasteiger partial charge is 0.391 e. The van der Waals surface area contributed by atoms with Gasteiger partial charge in [0.15, 0.2) is 0 Å². The number of nitrogens with one attached hydrogen (secondary N) is 2. The van der Waals surface area contributed by atoms with Gasteiger partial charge < -0.3 is 15.7 Å². The van der Waals surface area contributed by atoms with E-state index in [9.17, 15) is 9.90 Å². The molecule has 0 saturated carbocycles. The van der Waals surface area contributed by atoms with E-state index in [1.807, 2.05) is 5.38 Å². The molecule has 1 aliphatic heterocycles. The molecular weight excluding hydrogens is 260 g/mol. The van der Waals surface area contributed by atoms with Gasteiger partial charge in [-0.3, -0.25) is 4.79 Å². The zero-order valence-electron chi connectivity index (χ0n) is 10.9. The van der Waals surface area contributed by atoms with Crippen molar-refractivity contribution in [1.29, 1.82) is 0 Å². The minimum atomic E-state index is -0.336. The van der Waals surface area contributed by atoms with E-state index in [0.29, 0.717) is 13.1 Å². The summed E-state index contributed by atoms with van der Waals surface area (Å²) in [6, 6.07) is 0. The molecule has 4 nitrogen and oxygen atoms in total. The fourth-order valence-corrected chi connectivity index (χ4v) is 4.06. The van der Waals surface area contributed by atoms with Crippen LogP contribution in [-0.4, -0.2) is 36.8 Å². The first-order valence-electron chi connectivity index (χ1n) is 7.02. The summed E-state index contributed by atoms with van der Waals surface area (Å²) in [6.07, 6.45) is 4.26. The van der Waals surface area contributed by atoms with Gasteiger partial charge in [-0.05, 0) is 31.2 Å². The smallest absolute Gasteiger partial charge is 0.252 e. The number of amides is 1. The average molecular weight is 280 g/mol. The molecule has 1 aromatic heterocycles. The van der Waals surface area contributed by atoms with Crippen molar-refractivity contribution in [3.8, 4) is 0 Å². The van der Waals surface area contributed by atoms with Crippen LogP contribution in [0.1, 0.15) is 33.6 Å². The molecule has 0 bridgehead atoms. The van der Waals surface area contributed by atoms with E-state index in [4.69, 9.17) is 0 Å². The molecule has 1 aromatic rings. The Morgan fingerprint density at radius 1 is 1.42 bits per heavy atom. The van der Waals surface area contributed by atoms with Crippen molar-refractivity contribution in [2.75, 3.05) is 19.6 Å². The van der Waals surface area contributed by atoms with Crippen molar-refractivity contribution in [1.82, 2.24) is 10.6 Å². The lowest BCUT2D eigenvalue weighted by atomic mass is 9.95. The van der Waals surface area contributed by atoms with E-state index >= 15 is 0 Å². The van der Waals surface area contributed by atoms with Gasteiger partial charge in [-0.2, -0.15) is 0 Å². The molecule has 2 heterocycles. The number of thiophene rings is 1. The molecule has 1 fully saturated rings. The first-order chi connectivity index (χ1) is 9.25. The number of aliphatic hydroxyl groups excluding tert-OH is 1. The molecule has 3 rings (SSSR count). The number of carbonyl (C=O) groups excluding carboxylic acids is 1. The third-order valence-corrected chi connectivity index (χ3v) is 5.22. The summed E-state index contributed by atoms with van der Waals surface area (Å²) in [5.74, 6) is 0.164. The zero-order valence-corrected chi connectivity index (χ0v) is 11.8. The predicted octanol–water partition coefficient (Wildman–Crippen LogP) is 0.937. The van der Waals surface area contributed by atoms with Gasteiger partial charge in [-0.15, -0.1) is 11.3 Å². The first-order valence-corrected chi connectivity index (χ1v) is 7.90. The zero-order chi connectivity index (χ0) is 13.2. The van der Waals surface area contributed by atoms with E-state index in [-0.39, 0.29) is 17.9 Å². The highest BCUT2D eigenvalue weighted by atomic mass is 32.1. The number of aryl methyl sites for hydroxylation is 1. The van der Waals surface area contributed by atoms with E-state index in [1.165, 1.54) is 23.3 Å². The Morgan fingerprint density at radius 2 is 2.26 bits per heavy atom. The molecule has 0 spiro atoms. The first kappa shape index (κ1) is 13.1. The van der Waals surface area contributed by atoms with Crippen LogP contribution in [-0.2, 0) is 12.8 Å². The number of aliphatic hydroxyl groups is 1. The quantitative estimate of drug-likeness (QED) is 0.772. The summed E-state index contributed by atoms with van der Waals surface area (Å²) in [6.45, 7) is 1.97. The Morgan fingerprint density at radius 3 is 3.05 bits per heavy atom. The van der Waals surface area contributed by atoms with Crippen LogP contribution in [0, 0.1) is 5.92 Å². The van der Waals surface area contributed by atoms with Crippen LogP contribution in [0.25, 0.3) is 0 Å². The lowest BCUT2D eigenvalue weighted by molar-refractivity contribution is 0.0926. The summed E-state index contributed by atoms with van der Waals surface area (Å²) in [4.78, 5) is 13.6. The van der Waals surface area contributed by atoms with Crippen LogP contribution in [0.5, 0.6) is 0 Å². The summed E-state index contributed by atoms with van der Waals surface area (Å²) in [5.41, 5.74) is 2.12. The topological polar surface area (TPSA) is 61.4 Å². The van der Waals surface area contributed by atoms with Crippen LogP contribution >= 0.6 is 11.3 Å². The number of hydrogen-bond acceptors (Lipinski definition) is 4. The fourth-order valence-electron chi connectivity index (χ4n) is 2.93. The molecular formula is C14H20N2O2S. The Labute approximate surface area is 117 Å². The van der Waals surface area contributed by atoms with E-state index in [0.717, 1.165) is 24.9 Å². The highest BCUT2D eigenvalue weighted by molar-refractivity contribution is 7.10. The lowest BCUT2D eigenvalue weighted by Crippen LogP contribution is -2.34. The summed E-state index contributed by atoms with van der Waals surface area (Å²) >= 11 is 1.72. The van der Waals surface area contributed by atoms with Gasteiger partial charge in [0.2, 0.25) is 0 Å². The number of hydrogen-bond donors (Lipinski definition) is 3. The maximum absolute atomic E-state index is 12.2. The molecule has 0 radical (unpaired) electrons. The van der Waals surface area contributed by atoms with Crippen molar-refractivity contribution in [3.63, 3.8) is 0 Å². The van der Waals surface area contributed by atoms with Crippen molar-refractivity contribution in [2.45, 2.75) is 31.8 Å². The van der Waals surface area contributed by atoms with E-state index < -0.39 is 0 Å². The molecule has 104 valence electrons. The Balaban J connectivity index is 1.62. The molecule has 1 amide bonds. The molecule has 2 atom stereocenters. The minimum Gasteiger partial charge on any atom is -0.391 e. The number of fused-ring (bicyclic) bond motifs is 1. The third kappa shape index (κ3) is 2.68. The standard InChI is InChI=1S/C14H20N2O2S/c17-12-7-15-5-9(12)6-16-14(18)11-8-19-13-4-2-1-3-10(11)13/h8-9,12,15,17H,1-7H2,(H,16,18). The summed E-state index contributed by atoms with van der Waals surface area (Å²) < 4.78 is 0. The molecule has 2 unspecified atom stereocenters. The van der Waals surface area contributed by atoms with Gasteiger partial charge in [-0.1, -0.05) is 0 Å². The third-order valence-electron chi connectivity index (χ3n) is 4.13. The number of β-amino-alcohol motifs (C(OH)–C–C–N with tert-alkyl or cyclic N) is 1. The SMILES string of the molecule is O=C(NCC1CNCC1O)c1csc2c1CCCC2. The van der Waals surface area contributed by atoms with Gasteiger partial charge in [0.1, 0.15) is 0 Å². The number of rotatable bonds is 3. The molecule has 0 aromatic carbocycles. The van der Waals surface area contributed by atoms with Crippen LogP contribution < -0.4 is 10.6 Å². The van der Waals surface area contributed by atoms with Gasteiger partial charge in [0.25, 0.3) is 5.91 Å². The fraction of sp³-hybridized carbons (Fsp3) is 0.643. The minimum absolute atomic E-state index is 0.0264. The molecule has 3 N–H and O–H groups in total. The van der Waals surface area contributed by atoms with Crippen LogP contribution in [0.3, 0.4) is 0 Å². The van der Waals surface area contributed by atoms with E-state index in [2.05, 4.69) is 10.6 Å². The van der Waals surface area contributed by atoms with Gasteiger partial charge in [0, 0.05) is 35.8 Å². The summed E-state index contributed by atoms with van der Waals surface area (Å²) in [7, 11) is 0. The van der Waals surface area contributed by atoms with Crippen LogP contribution in [0.2, 0.25) is 0 Å². The Bertz CT molecular complexity index is 472. The Kier molecular flexibility index (Phi) is 3.86. The molecule has 19 heavy (non-hydrogen) atoms. The van der Waals surface area contributed by atoms with E-state index in [1.54, 1.807) is 11.3 Å². The van der Waals surface area contributed by atoms with Crippen molar-refractivity contribution < 1.29 is 9.90 Å². The van der Waals surface area contributed by atoms with Gasteiger partial charge in [-0.25, -0.2) is 0 Å². The number of carbonyl (C=O) groups is 1. The van der Waals surface area contributed by atoms with Crippen LogP contribution in [0.15, 0.2) is 5.38 Å². The monoisotopic (exact) mass is 280 g/mol. The Hall–Kier alpha value is -0.910. The summed E-state index contributed by atoms with van der Waals surface area (Å²) in [5, 5.41) is 17.8.